The molecule has 6 heteroatoms. The topological polar surface area (TPSA) is 58.4 Å². The number of likely N-dealkylation sites (tertiary alicyclic amines) is 1. The fourth-order valence-corrected chi connectivity index (χ4v) is 3.91. The fourth-order valence-electron chi connectivity index (χ4n) is 3.72. The number of amides is 1. The maximum absolute atomic E-state index is 12.7. The van der Waals surface area contributed by atoms with E-state index in [1.807, 2.05) is 23.1 Å². The highest BCUT2D eigenvalue weighted by molar-refractivity contribution is 6.30. The molecule has 24 heavy (non-hydrogen) atoms. The van der Waals surface area contributed by atoms with Crippen molar-refractivity contribution >= 4 is 17.5 Å². The van der Waals surface area contributed by atoms with E-state index < -0.39 is 0 Å². The average Bonchev–Trinajstić information content (AvgIpc) is 3.25. The van der Waals surface area contributed by atoms with Crippen LogP contribution in [0.15, 0.2) is 34.9 Å². The number of piperidine rings is 1. The Morgan fingerprint density at radius 2 is 2.08 bits per heavy atom. The molecule has 0 bridgehead atoms. The zero-order chi connectivity index (χ0) is 16.6. The van der Waals surface area contributed by atoms with Gasteiger partial charge in [0.05, 0.1) is 0 Å². The first-order valence-electron chi connectivity index (χ1n) is 8.38. The van der Waals surface area contributed by atoms with Gasteiger partial charge in [-0.05, 0) is 43.4 Å². The lowest BCUT2D eigenvalue weighted by Gasteiger charge is -2.38. The summed E-state index contributed by atoms with van der Waals surface area (Å²) in [6, 6.07) is 9.07. The van der Waals surface area contributed by atoms with Gasteiger partial charge in [-0.25, -0.2) is 0 Å². The summed E-state index contributed by atoms with van der Waals surface area (Å²) in [6.07, 6.45) is 3.33. The van der Waals surface area contributed by atoms with Crippen molar-refractivity contribution in [3.8, 4) is 11.3 Å². The molecule has 1 N–H and O–H groups in total. The number of rotatable bonds is 2. The Morgan fingerprint density at radius 3 is 2.79 bits per heavy atom. The molecule has 1 spiro atoms. The smallest absolute Gasteiger partial charge is 0.292 e. The van der Waals surface area contributed by atoms with Crippen LogP contribution in [-0.4, -0.2) is 42.1 Å². The Hall–Kier alpha value is -1.85. The first-order valence-corrected chi connectivity index (χ1v) is 8.76. The van der Waals surface area contributed by atoms with E-state index in [9.17, 15) is 4.79 Å². The van der Waals surface area contributed by atoms with Crippen molar-refractivity contribution in [3.63, 3.8) is 0 Å². The summed E-state index contributed by atoms with van der Waals surface area (Å²) in [5, 5.41) is 8.10. The highest BCUT2D eigenvalue weighted by atomic mass is 35.5. The summed E-state index contributed by atoms with van der Waals surface area (Å²) in [5.74, 6) is 0.224. The van der Waals surface area contributed by atoms with Gasteiger partial charge >= 0.3 is 0 Å². The lowest BCUT2D eigenvalue weighted by Crippen LogP contribution is -2.43. The van der Waals surface area contributed by atoms with Crippen molar-refractivity contribution in [1.82, 2.24) is 15.4 Å². The predicted molar refractivity (Wildman–Crippen MR) is 92.0 cm³/mol. The summed E-state index contributed by atoms with van der Waals surface area (Å²) in [4.78, 5) is 14.5. The normalized spacial score (nSPS) is 19.8. The molecular weight excluding hydrogens is 326 g/mol. The zero-order valence-electron chi connectivity index (χ0n) is 13.4. The van der Waals surface area contributed by atoms with E-state index in [1.165, 1.54) is 6.42 Å². The molecule has 2 aliphatic rings. The van der Waals surface area contributed by atoms with Gasteiger partial charge in [-0.3, -0.25) is 4.79 Å². The van der Waals surface area contributed by atoms with E-state index in [2.05, 4.69) is 10.5 Å². The van der Waals surface area contributed by atoms with Crippen LogP contribution < -0.4 is 5.32 Å². The van der Waals surface area contributed by atoms with Gasteiger partial charge in [0, 0.05) is 36.3 Å². The second kappa shape index (κ2) is 6.22. The summed E-state index contributed by atoms with van der Waals surface area (Å²) in [7, 11) is 0. The van der Waals surface area contributed by atoms with E-state index in [4.69, 9.17) is 16.1 Å². The van der Waals surface area contributed by atoms with Gasteiger partial charge in [-0.15, -0.1) is 0 Å². The number of nitrogens with one attached hydrogen (secondary N) is 1. The number of hydrogen-bond donors (Lipinski definition) is 1. The number of nitrogens with zero attached hydrogens (tertiary/aromatic N) is 2. The minimum Gasteiger partial charge on any atom is -0.350 e. The van der Waals surface area contributed by atoms with E-state index in [-0.39, 0.29) is 5.91 Å². The number of carbonyl (C=O) groups excluding carboxylic acids is 1. The maximum atomic E-state index is 12.7. The zero-order valence-corrected chi connectivity index (χ0v) is 14.2. The largest absolute Gasteiger partial charge is 0.350 e. The lowest BCUT2D eigenvalue weighted by molar-refractivity contribution is 0.0568. The molecule has 0 unspecified atom stereocenters. The van der Waals surface area contributed by atoms with Crippen LogP contribution in [-0.2, 0) is 0 Å². The third kappa shape index (κ3) is 2.94. The number of aromatic nitrogens is 1. The second-order valence-corrected chi connectivity index (χ2v) is 7.24. The van der Waals surface area contributed by atoms with Crippen molar-refractivity contribution in [2.24, 2.45) is 5.41 Å². The van der Waals surface area contributed by atoms with Crippen molar-refractivity contribution < 1.29 is 9.32 Å². The molecular formula is C18H20ClN3O2. The minimum absolute atomic E-state index is 0.0726. The van der Waals surface area contributed by atoms with Crippen molar-refractivity contribution in [2.45, 2.75) is 19.3 Å². The van der Waals surface area contributed by atoms with E-state index in [0.29, 0.717) is 21.9 Å². The van der Waals surface area contributed by atoms with Crippen molar-refractivity contribution in [3.05, 3.63) is 41.1 Å². The molecule has 5 nitrogen and oxygen atoms in total. The van der Waals surface area contributed by atoms with Crippen LogP contribution in [0.25, 0.3) is 11.3 Å². The van der Waals surface area contributed by atoms with E-state index >= 15 is 0 Å². The van der Waals surface area contributed by atoms with Crippen molar-refractivity contribution in [2.75, 3.05) is 26.2 Å². The third-order valence-electron chi connectivity index (χ3n) is 5.28. The van der Waals surface area contributed by atoms with Crippen LogP contribution in [0.3, 0.4) is 0 Å². The summed E-state index contributed by atoms with van der Waals surface area (Å²) in [5.41, 5.74) is 1.87. The van der Waals surface area contributed by atoms with Crippen LogP contribution >= 0.6 is 11.6 Å². The first kappa shape index (κ1) is 15.7. The van der Waals surface area contributed by atoms with E-state index in [0.717, 1.165) is 44.6 Å². The third-order valence-corrected chi connectivity index (χ3v) is 5.52. The summed E-state index contributed by atoms with van der Waals surface area (Å²) < 4.78 is 5.29. The first-order chi connectivity index (χ1) is 11.7. The molecule has 2 fully saturated rings. The number of hydrogen-bond acceptors (Lipinski definition) is 4. The molecule has 2 saturated heterocycles. The quantitative estimate of drug-likeness (QED) is 0.908. The Bertz CT molecular complexity index is 742. The van der Waals surface area contributed by atoms with Gasteiger partial charge in [0.2, 0.25) is 5.76 Å². The monoisotopic (exact) mass is 345 g/mol. The summed E-state index contributed by atoms with van der Waals surface area (Å²) in [6.45, 7) is 3.75. The molecule has 3 heterocycles. The van der Waals surface area contributed by atoms with E-state index in [1.54, 1.807) is 12.1 Å². The van der Waals surface area contributed by atoms with Crippen LogP contribution in [0.2, 0.25) is 5.02 Å². The molecule has 2 aromatic rings. The van der Waals surface area contributed by atoms with Crippen molar-refractivity contribution in [1.29, 1.82) is 0 Å². The van der Waals surface area contributed by atoms with Gasteiger partial charge in [-0.1, -0.05) is 28.9 Å². The number of halogens is 1. The molecule has 1 aromatic heterocycles. The van der Waals surface area contributed by atoms with Crippen LogP contribution in [0.1, 0.15) is 29.8 Å². The van der Waals surface area contributed by atoms with Crippen LogP contribution in [0, 0.1) is 5.41 Å². The molecule has 0 atom stereocenters. The molecule has 0 aliphatic carbocycles. The van der Waals surface area contributed by atoms with Gasteiger partial charge in [0.1, 0.15) is 5.69 Å². The molecule has 0 saturated carbocycles. The molecule has 4 rings (SSSR count). The highest BCUT2D eigenvalue weighted by Gasteiger charge is 2.38. The van der Waals surface area contributed by atoms with Gasteiger partial charge < -0.3 is 14.7 Å². The molecule has 2 aliphatic heterocycles. The molecule has 1 aromatic carbocycles. The molecule has 0 radical (unpaired) electrons. The van der Waals surface area contributed by atoms with Crippen LogP contribution in [0.5, 0.6) is 0 Å². The lowest BCUT2D eigenvalue weighted by atomic mass is 9.78. The standard InChI is InChI=1S/C18H20ClN3O2/c19-14-3-1-2-13(10-14)15-11-16(24-21-15)17(23)22-8-5-18(6-9-22)4-7-20-12-18/h1-3,10-11,20H,4-9,12H2. The minimum atomic E-state index is -0.0726. The maximum Gasteiger partial charge on any atom is 0.292 e. The Morgan fingerprint density at radius 1 is 1.25 bits per heavy atom. The van der Waals surface area contributed by atoms with Gasteiger partial charge in [0.25, 0.3) is 5.91 Å². The van der Waals surface area contributed by atoms with Gasteiger partial charge in [-0.2, -0.15) is 0 Å². The molecule has 126 valence electrons. The fraction of sp³-hybridized carbons (Fsp3) is 0.444. The van der Waals surface area contributed by atoms with Crippen LogP contribution in [0.4, 0.5) is 0 Å². The summed E-state index contributed by atoms with van der Waals surface area (Å²) >= 11 is 6.01. The number of carbonyl (C=O) groups is 1. The molecule has 1 amide bonds. The predicted octanol–water partition coefficient (Wildman–Crippen LogP) is 3.21. The Labute approximate surface area is 146 Å². The Kier molecular flexibility index (Phi) is 4.06. The second-order valence-electron chi connectivity index (χ2n) is 6.81. The number of benzene rings is 1. The highest BCUT2D eigenvalue weighted by Crippen LogP contribution is 2.37. The SMILES string of the molecule is O=C(c1cc(-c2cccc(Cl)c2)no1)N1CCC2(CCNC2)CC1. The average molecular weight is 346 g/mol. The van der Waals surface area contributed by atoms with Gasteiger partial charge in [0.15, 0.2) is 0 Å². The Balaban J connectivity index is 1.46.